The number of hydrogen-bond donors (Lipinski definition) is 1. The molecule has 1 N–H and O–H groups in total. The predicted molar refractivity (Wildman–Crippen MR) is 68.2 cm³/mol. The average molecular weight is 219 g/mol. The third-order valence-corrected chi connectivity index (χ3v) is 3.22. The summed E-state index contributed by atoms with van der Waals surface area (Å²) in [6, 6.07) is 6.98. The number of anilines is 1. The molecular formula is C14H21NO. The van der Waals surface area contributed by atoms with E-state index in [1.165, 1.54) is 36.9 Å². The predicted octanol–water partition coefficient (Wildman–Crippen LogP) is 3.75. The van der Waals surface area contributed by atoms with Gasteiger partial charge in [-0.25, -0.2) is 0 Å². The Morgan fingerprint density at radius 1 is 1.31 bits per heavy atom. The zero-order valence-corrected chi connectivity index (χ0v) is 10.3. The summed E-state index contributed by atoms with van der Waals surface area (Å²) in [7, 11) is 0. The first kappa shape index (κ1) is 11.3. The van der Waals surface area contributed by atoms with Crippen molar-refractivity contribution in [3.8, 4) is 5.75 Å². The van der Waals surface area contributed by atoms with Crippen molar-refractivity contribution in [1.29, 1.82) is 0 Å². The van der Waals surface area contributed by atoms with Gasteiger partial charge in [0, 0.05) is 11.7 Å². The van der Waals surface area contributed by atoms with Crippen LogP contribution in [0.2, 0.25) is 0 Å². The highest BCUT2D eigenvalue weighted by atomic mass is 16.5. The lowest BCUT2D eigenvalue weighted by Crippen LogP contribution is -2.15. The molecule has 2 heteroatoms. The summed E-state index contributed by atoms with van der Waals surface area (Å²) in [6.45, 7) is 4.88. The average Bonchev–Trinajstić information content (AvgIpc) is 2.75. The number of aryl methyl sites for hydroxylation is 1. The topological polar surface area (TPSA) is 21.3 Å². The van der Waals surface area contributed by atoms with E-state index in [0.717, 1.165) is 12.4 Å². The summed E-state index contributed by atoms with van der Waals surface area (Å²) >= 11 is 0. The van der Waals surface area contributed by atoms with E-state index in [-0.39, 0.29) is 0 Å². The Balaban J connectivity index is 2.03. The second-order valence-corrected chi connectivity index (χ2v) is 4.54. The first-order valence-corrected chi connectivity index (χ1v) is 6.29. The third-order valence-electron chi connectivity index (χ3n) is 3.22. The maximum atomic E-state index is 5.48. The van der Waals surface area contributed by atoms with Gasteiger partial charge in [-0.15, -0.1) is 0 Å². The van der Waals surface area contributed by atoms with Crippen LogP contribution in [0.3, 0.4) is 0 Å². The van der Waals surface area contributed by atoms with Crippen LogP contribution >= 0.6 is 0 Å². The van der Waals surface area contributed by atoms with Crippen LogP contribution < -0.4 is 10.1 Å². The van der Waals surface area contributed by atoms with E-state index >= 15 is 0 Å². The van der Waals surface area contributed by atoms with E-state index in [4.69, 9.17) is 4.74 Å². The maximum Gasteiger partial charge on any atom is 0.119 e. The fourth-order valence-electron chi connectivity index (χ4n) is 2.34. The van der Waals surface area contributed by atoms with Crippen LogP contribution in [0.5, 0.6) is 5.75 Å². The highest BCUT2D eigenvalue weighted by molar-refractivity contribution is 5.54. The molecule has 0 heterocycles. The molecule has 1 aliphatic rings. The molecule has 0 radical (unpaired) electrons. The second kappa shape index (κ2) is 5.24. The van der Waals surface area contributed by atoms with Crippen LogP contribution in [0.25, 0.3) is 0 Å². The molecule has 88 valence electrons. The number of ether oxygens (including phenoxy) is 1. The Labute approximate surface area is 98.0 Å². The van der Waals surface area contributed by atoms with Crippen molar-refractivity contribution >= 4 is 5.69 Å². The minimum atomic E-state index is 0.677. The second-order valence-electron chi connectivity index (χ2n) is 4.54. The van der Waals surface area contributed by atoms with Gasteiger partial charge < -0.3 is 10.1 Å². The van der Waals surface area contributed by atoms with Crippen LogP contribution in [0.15, 0.2) is 18.2 Å². The lowest BCUT2D eigenvalue weighted by atomic mass is 10.1. The van der Waals surface area contributed by atoms with Gasteiger partial charge in [-0.05, 0) is 50.5 Å². The van der Waals surface area contributed by atoms with Crippen LogP contribution in [0.1, 0.15) is 38.2 Å². The first-order chi connectivity index (χ1) is 7.79. The van der Waals surface area contributed by atoms with Gasteiger partial charge in [0.05, 0.1) is 6.61 Å². The zero-order chi connectivity index (χ0) is 11.4. The van der Waals surface area contributed by atoms with E-state index in [2.05, 4.69) is 24.4 Å². The molecule has 0 bridgehead atoms. The zero-order valence-electron chi connectivity index (χ0n) is 10.3. The minimum absolute atomic E-state index is 0.677. The Kier molecular flexibility index (Phi) is 3.70. The molecule has 1 aromatic carbocycles. The quantitative estimate of drug-likeness (QED) is 0.832. The number of hydrogen-bond acceptors (Lipinski definition) is 2. The lowest BCUT2D eigenvalue weighted by molar-refractivity contribution is 0.340. The van der Waals surface area contributed by atoms with Gasteiger partial charge in [-0.3, -0.25) is 0 Å². The fourth-order valence-corrected chi connectivity index (χ4v) is 2.34. The largest absolute Gasteiger partial charge is 0.494 e. The summed E-state index contributed by atoms with van der Waals surface area (Å²) in [6.07, 6.45) is 5.36. The third kappa shape index (κ3) is 2.69. The van der Waals surface area contributed by atoms with Gasteiger partial charge in [0.15, 0.2) is 0 Å². The van der Waals surface area contributed by atoms with Gasteiger partial charge in [-0.1, -0.05) is 12.8 Å². The molecule has 2 nitrogen and oxygen atoms in total. The molecule has 1 fully saturated rings. The Bertz CT molecular complexity index is 343. The standard InChI is InChI=1S/C14H21NO/c1-3-16-13-8-9-14(11(2)10-13)15-12-6-4-5-7-12/h8-10,12,15H,3-7H2,1-2H3. The lowest BCUT2D eigenvalue weighted by Gasteiger charge is -2.16. The number of benzene rings is 1. The molecular weight excluding hydrogens is 198 g/mol. The monoisotopic (exact) mass is 219 g/mol. The van der Waals surface area contributed by atoms with Gasteiger partial charge >= 0.3 is 0 Å². The molecule has 0 aliphatic heterocycles. The molecule has 0 spiro atoms. The van der Waals surface area contributed by atoms with E-state index in [1.807, 2.05) is 13.0 Å². The van der Waals surface area contributed by atoms with E-state index < -0.39 is 0 Å². The van der Waals surface area contributed by atoms with E-state index in [0.29, 0.717) is 6.04 Å². The molecule has 2 rings (SSSR count). The normalized spacial score (nSPS) is 16.4. The molecule has 0 saturated heterocycles. The van der Waals surface area contributed by atoms with Gasteiger partial charge in [0.25, 0.3) is 0 Å². The van der Waals surface area contributed by atoms with Crippen molar-refractivity contribution in [2.45, 2.75) is 45.6 Å². The van der Waals surface area contributed by atoms with Gasteiger partial charge in [0.2, 0.25) is 0 Å². The van der Waals surface area contributed by atoms with Crippen molar-refractivity contribution < 1.29 is 4.74 Å². The Morgan fingerprint density at radius 3 is 2.69 bits per heavy atom. The van der Waals surface area contributed by atoms with Gasteiger partial charge in [0.1, 0.15) is 5.75 Å². The summed E-state index contributed by atoms with van der Waals surface area (Å²) in [4.78, 5) is 0. The minimum Gasteiger partial charge on any atom is -0.494 e. The van der Waals surface area contributed by atoms with Crippen molar-refractivity contribution in [3.05, 3.63) is 23.8 Å². The molecule has 0 amide bonds. The van der Waals surface area contributed by atoms with Crippen LogP contribution in [0, 0.1) is 6.92 Å². The fraction of sp³-hybridized carbons (Fsp3) is 0.571. The summed E-state index contributed by atoms with van der Waals surface area (Å²) < 4.78 is 5.48. The molecule has 0 unspecified atom stereocenters. The molecule has 1 aromatic rings. The highest BCUT2D eigenvalue weighted by Gasteiger charge is 2.15. The highest BCUT2D eigenvalue weighted by Crippen LogP contribution is 2.26. The van der Waals surface area contributed by atoms with E-state index in [9.17, 15) is 0 Å². The van der Waals surface area contributed by atoms with Crippen LogP contribution in [-0.4, -0.2) is 12.6 Å². The molecule has 1 aliphatic carbocycles. The van der Waals surface area contributed by atoms with Gasteiger partial charge in [-0.2, -0.15) is 0 Å². The van der Waals surface area contributed by atoms with Crippen LogP contribution in [0.4, 0.5) is 5.69 Å². The van der Waals surface area contributed by atoms with Crippen LogP contribution in [-0.2, 0) is 0 Å². The number of rotatable bonds is 4. The summed E-state index contributed by atoms with van der Waals surface area (Å²) in [5.74, 6) is 0.969. The molecule has 0 atom stereocenters. The molecule has 0 aromatic heterocycles. The van der Waals surface area contributed by atoms with Crippen molar-refractivity contribution in [2.24, 2.45) is 0 Å². The molecule has 1 saturated carbocycles. The maximum absolute atomic E-state index is 5.48. The SMILES string of the molecule is CCOc1ccc(NC2CCCC2)c(C)c1. The number of nitrogens with one attached hydrogen (secondary N) is 1. The Morgan fingerprint density at radius 2 is 2.06 bits per heavy atom. The van der Waals surface area contributed by atoms with Crippen molar-refractivity contribution in [3.63, 3.8) is 0 Å². The first-order valence-electron chi connectivity index (χ1n) is 6.29. The van der Waals surface area contributed by atoms with Crippen molar-refractivity contribution in [2.75, 3.05) is 11.9 Å². The summed E-state index contributed by atoms with van der Waals surface area (Å²) in [5.41, 5.74) is 2.54. The summed E-state index contributed by atoms with van der Waals surface area (Å²) in [5, 5.41) is 3.62. The van der Waals surface area contributed by atoms with E-state index in [1.54, 1.807) is 0 Å². The van der Waals surface area contributed by atoms with Crippen molar-refractivity contribution in [1.82, 2.24) is 0 Å². The smallest absolute Gasteiger partial charge is 0.119 e. The Hall–Kier alpha value is -1.18. The molecule has 16 heavy (non-hydrogen) atoms.